The maximum absolute atomic E-state index is 13.4. The normalized spacial score (nSPS) is 12.0. The van der Waals surface area contributed by atoms with Crippen molar-refractivity contribution < 1.29 is 14.3 Å². The van der Waals surface area contributed by atoms with Gasteiger partial charge in [-0.25, -0.2) is 4.39 Å². The molecule has 6 heteroatoms. The van der Waals surface area contributed by atoms with Gasteiger partial charge in [-0.05, 0) is 30.7 Å². The Morgan fingerprint density at radius 3 is 2.82 bits per heavy atom. The summed E-state index contributed by atoms with van der Waals surface area (Å²) in [5.74, 6) is -0.928. The highest BCUT2D eigenvalue weighted by atomic mass is 19.1. The van der Waals surface area contributed by atoms with Crippen molar-refractivity contribution in [1.29, 1.82) is 0 Å². The minimum atomic E-state index is -0.917. The second kappa shape index (κ2) is 7.00. The Morgan fingerprint density at radius 2 is 2.14 bits per heavy atom. The van der Waals surface area contributed by atoms with E-state index < -0.39 is 17.8 Å². The molecule has 0 bridgehead atoms. The molecule has 0 spiro atoms. The molecular weight excluding hydrogens is 287 g/mol. The molecule has 0 aliphatic carbocycles. The standard InChI is InChI=1S/C16H17FN2O3/c1-11-5-6-12(8-14(11)17)16(22)18-9-13(20)10-19-7-3-2-4-15(19)21/h2-8,13,20H,9-10H2,1H3,(H,18,22). The quantitative estimate of drug-likeness (QED) is 0.868. The van der Waals surface area contributed by atoms with Gasteiger partial charge in [0.05, 0.1) is 12.6 Å². The summed E-state index contributed by atoms with van der Waals surface area (Å²) in [4.78, 5) is 23.4. The van der Waals surface area contributed by atoms with Gasteiger partial charge in [-0.2, -0.15) is 0 Å². The third kappa shape index (κ3) is 4.02. The van der Waals surface area contributed by atoms with Crippen LogP contribution < -0.4 is 10.9 Å². The topological polar surface area (TPSA) is 71.3 Å². The minimum absolute atomic E-state index is 0.0321. The van der Waals surface area contributed by atoms with Crippen molar-refractivity contribution >= 4 is 5.91 Å². The number of amides is 1. The van der Waals surface area contributed by atoms with Gasteiger partial charge >= 0.3 is 0 Å². The van der Waals surface area contributed by atoms with Crippen molar-refractivity contribution in [2.24, 2.45) is 0 Å². The van der Waals surface area contributed by atoms with Gasteiger partial charge < -0.3 is 15.0 Å². The van der Waals surface area contributed by atoms with Crippen LogP contribution in [0, 0.1) is 12.7 Å². The molecule has 1 heterocycles. The fraction of sp³-hybridized carbons (Fsp3) is 0.250. The third-order valence-corrected chi connectivity index (χ3v) is 3.24. The first-order valence-corrected chi connectivity index (χ1v) is 6.85. The zero-order chi connectivity index (χ0) is 16.1. The monoisotopic (exact) mass is 304 g/mol. The van der Waals surface area contributed by atoms with Crippen LogP contribution in [-0.2, 0) is 6.54 Å². The lowest BCUT2D eigenvalue weighted by molar-refractivity contribution is 0.0902. The van der Waals surface area contributed by atoms with E-state index in [1.165, 1.54) is 22.8 Å². The molecule has 0 saturated heterocycles. The van der Waals surface area contributed by atoms with E-state index in [2.05, 4.69) is 5.32 Å². The second-order valence-corrected chi connectivity index (χ2v) is 5.02. The number of nitrogens with one attached hydrogen (secondary N) is 1. The van der Waals surface area contributed by atoms with Crippen molar-refractivity contribution in [3.8, 4) is 0 Å². The number of nitrogens with zero attached hydrogens (tertiary/aromatic N) is 1. The Kier molecular flexibility index (Phi) is 5.06. The Balaban J connectivity index is 1.92. The largest absolute Gasteiger partial charge is 0.389 e. The van der Waals surface area contributed by atoms with Gasteiger partial charge in [-0.1, -0.05) is 12.1 Å². The maximum Gasteiger partial charge on any atom is 0.251 e. The van der Waals surface area contributed by atoms with Gasteiger partial charge in [0.15, 0.2) is 0 Å². The molecule has 1 amide bonds. The number of rotatable bonds is 5. The van der Waals surface area contributed by atoms with Crippen LogP contribution in [0.1, 0.15) is 15.9 Å². The summed E-state index contributed by atoms with van der Waals surface area (Å²) < 4.78 is 14.8. The highest BCUT2D eigenvalue weighted by Gasteiger charge is 2.11. The highest BCUT2D eigenvalue weighted by Crippen LogP contribution is 2.09. The molecule has 0 saturated carbocycles. The van der Waals surface area contributed by atoms with Crippen molar-refractivity contribution in [3.05, 3.63) is 69.9 Å². The Morgan fingerprint density at radius 1 is 1.36 bits per heavy atom. The number of aryl methyl sites for hydroxylation is 1. The lowest BCUT2D eigenvalue weighted by Crippen LogP contribution is -2.36. The number of benzene rings is 1. The highest BCUT2D eigenvalue weighted by molar-refractivity contribution is 5.94. The predicted molar refractivity (Wildman–Crippen MR) is 80.2 cm³/mol. The number of carbonyl (C=O) groups is 1. The maximum atomic E-state index is 13.4. The lowest BCUT2D eigenvalue weighted by Gasteiger charge is -2.13. The average molecular weight is 304 g/mol. The van der Waals surface area contributed by atoms with Gasteiger partial charge in [-0.15, -0.1) is 0 Å². The molecule has 2 rings (SSSR count). The first-order chi connectivity index (χ1) is 10.5. The number of hydrogen-bond donors (Lipinski definition) is 2. The molecule has 1 aromatic carbocycles. The molecule has 22 heavy (non-hydrogen) atoms. The summed E-state index contributed by atoms with van der Waals surface area (Å²) >= 11 is 0. The van der Waals surface area contributed by atoms with Gasteiger partial charge in [0.25, 0.3) is 11.5 Å². The van der Waals surface area contributed by atoms with Crippen LogP contribution in [0.25, 0.3) is 0 Å². The second-order valence-electron chi connectivity index (χ2n) is 5.02. The summed E-state index contributed by atoms with van der Waals surface area (Å²) in [7, 11) is 0. The Labute approximate surface area is 127 Å². The number of pyridine rings is 1. The van der Waals surface area contributed by atoms with E-state index in [1.54, 1.807) is 25.3 Å². The number of hydrogen-bond acceptors (Lipinski definition) is 3. The summed E-state index contributed by atoms with van der Waals surface area (Å²) in [6, 6.07) is 8.87. The van der Waals surface area contributed by atoms with E-state index in [0.717, 1.165) is 6.07 Å². The summed E-state index contributed by atoms with van der Waals surface area (Å²) in [6.07, 6.45) is 0.641. The van der Waals surface area contributed by atoms with Crippen LogP contribution in [0.5, 0.6) is 0 Å². The average Bonchev–Trinajstić information content (AvgIpc) is 2.50. The molecule has 0 radical (unpaired) electrons. The smallest absolute Gasteiger partial charge is 0.251 e. The fourth-order valence-corrected chi connectivity index (χ4v) is 1.95. The number of carbonyl (C=O) groups excluding carboxylic acids is 1. The molecular formula is C16H17FN2O3. The summed E-state index contributed by atoms with van der Waals surface area (Å²) in [5, 5.41) is 12.4. The number of aliphatic hydroxyl groups excluding tert-OH is 1. The molecule has 0 aliphatic rings. The van der Waals surface area contributed by atoms with E-state index in [1.807, 2.05) is 0 Å². The molecule has 1 unspecified atom stereocenters. The Bertz CT molecular complexity index is 727. The first kappa shape index (κ1) is 15.9. The molecule has 116 valence electrons. The van der Waals surface area contributed by atoms with E-state index >= 15 is 0 Å². The van der Waals surface area contributed by atoms with Crippen LogP contribution in [0.2, 0.25) is 0 Å². The summed E-state index contributed by atoms with van der Waals surface area (Å²) in [6.45, 7) is 1.65. The molecule has 1 atom stereocenters. The van der Waals surface area contributed by atoms with Crippen molar-refractivity contribution in [1.82, 2.24) is 9.88 Å². The van der Waals surface area contributed by atoms with Gasteiger partial charge in [0.1, 0.15) is 5.82 Å². The fourth-order valence-electron chi connectivity index (χ4n) is 1.95. The van der Waals surface area contributed by atoms with Crippen molar-refractivity contribution in [2.75, 3.05) is 6.54 Å². The zero-order valence-corrected chi connectivity index (χ0v) is 12.1. The summed E-state index contributed by atoms with van der Waals surface area (Å²) in [5.41, 5.74) is 0.417. The number of aliphatic hydroxyl groups is 1. The van der Waals surface area contributed by atoms with E-state index in [4.69, 9.17) is 0 Å². The van der Waals surface area contributed by atoms with Gasteiger partial charge in [0, 0.05) is 24.4 Å². The van der Waals surface area contributed by atoms with E-state index in [9.17, 15) is 19.1 Å². The third-order valence-electron chi connectivity index (χ3n) is 3.24. The molecule has 1 aromatic heterocycles. The van der Waals surface area contributed by atoms with E-state index in [0.29, 0.717) is 5.56 Å². The molecule has 5 nitrogen and oxygen atoms in total. The van der Waals surface area contributed by atoms with Gasteiger partial charge in [-0.3, -0.25) is 9.59 Å². The van der Waals surface area contributed by atoms with Crippen LogP contribution >= 0.6 is 0 Å². The van der Waals surface area contributed by atoms with Crippen LogP contribution in [0.15, 0.2) is 47.4 Å². The molecule has 2 N–H and O–H groups in total. The predicted octanol–water partition coefficient (Wildman–Crippen LogP) is 1.09. The molecule has 0 aliphatic heterocycles. The van der Waals surface area contributed by atoms with Crippen molar-refractivity contribution in [3.63, 3.8) is 0 Å². The number of aromatic nitrogens is 1. The van der Waals surface area contributed by atoms with Crippen LogP contribution in [0.3, 0.4) is 0 Å². The zero-order valence-electron chi connectivity index (χ0n) is 12.1. The minimum Gasteiger partial charge on any atom is -0.389 e. The van der Waals surface area contributed by atoms with Crippen LogP contribution in [-0.4, -0.2) is 28.2 Å². The van der Waals surface area contributed by atoms with Gasteiger partial charge in [0.2, 0.25) is 0 Å². The first-order valence-electron chi connectivity index (χ1n) is 6.85. The lowest BCUT2D eigenvalue weighted by atomic mass is 10.1. The van der Waals surface area contributed by atoms with E-state index in [-0.39, 0.29) is 24.2 Å². The molecule has 2 aromatic rings. The Hall–Kier alpha value is -2.47. The SMILES string of the molecule is Cc1ccc(C(=O)NCC(O)Cn2ccccc2=O)cc1F. The number of halogens is 1. The van der Waals surface area contributed by atoms with Crippen molar-refractivity contribution in [2.45, 2.75) is 19.6 Å². The van der Waals surface area contributed by atoms with Crippen LogP contribution in [0.4, 0.5) is 4.39 Å². The molecule has 0 fully saturated rings.